The third-order valence-electron chi connectivity index (χ3n) is 4.16. The fourth-order valence-corrected chi connectivity index (χ4v) is 2.78. The van der Waals surface area contributed by atoms with E-state index in [2.05, 4.69) is 29.0 Å². The second kappa shape index (κ2) is 10.7. The first-order chi connectivity index (χ1) is 12.0. The fourth-order valence-electron chi connectivity index (χ4n) is 2.78. The van der Waals surface area contributed by atoms with Crippen LogP contribution in [0.4, 0.5) is 0 Å². The average molecular weight is 351 g/mol. The smallest absolute Gasteiger partial charge is 0.306 e. The van der Waals surface area contributed by atoms with Crippen LogP contribution in [0.2, 0.25) is 0 Å². The third-order valence-corrected chi connectivity index (χ3v) is 4.16. The number of carbonyl (C=O) groups is 3. The molecule has 0 saturated carbocycles. The third kappa shape index (κ3) is 6.01. The lowest BCUT2D eigenvalue weighted by atomic mass is 10.0. The topological polar surface area (TPSA) is 91.5 Å². The number of rotatable bonds is 11. The molecule has 1 heterocycles. The molecule has 2 N–H and O–H groups in total. The molecule has 1 amide bonds. The van der Waals surface area contributed by atoms with E-state index in [0.29, 0.717) is 42.0 Å². The molecule has 0 aliphatic rings. The van der Waals surface area contributed by atoms with Gasteiger partial charge in [-0.2, -0.15) is 0 Å². The first-order valence-corrected chi connectivity index (χ1v) is 8.81. The van der Waals surface area contributed by atoms with Crippen LogP contribution in [0.15, 0.2) is 0 Å². The second-order valence-electron chi connectivity index (χ2n) is 5.72. The number of ether oxygens (including phenoxy) is 1. The highest BCUT2D eigenvalue weighted by Crippen LogP contribution is 2.20. The zero-order chi connectivity index (χ0) is 18.8. The standard InChI is InChI=1S/C18H29N3O4/c1-5-21(6-2)11-10-19-18(24)17-13(4)20-15(12-22)14(17)8-9-16(23)25-7-3/h12,20H,5-11H2,1-4H3,(H,19,24). The molecule has 0 bridgehead atoms. The van der Waals surface area contributed by atoms with Gasteiger partial charge in [-0.1, -0.05) is 13.8 Å². The van der Waals surface area contributed by atoms with Gasteiger partial charge < -0.3 is 19.9 Å². The Balaban J connectivity index is 2.83. The molecular formula is C18H29N3O4. The Labute approximate surface area is 149 Å². The van der Waals surface area contributed by atoms with Gasteiger partial charge in [0.25, 0.3) is 5.91 Å². The SMILES string of the molecule is CCOC(=O)CCc1c(C=O)[nH]c(C)c1C(=O)NCCN(CC)CC. The van der Waals surface area contributed by atoms with Gasteiger partial charge in [0.2, 0.25) is 0 Å². The number of H-pyrrole nitrogens is 1. The number of amides is 1. The highest BCUT2D eigenvalue weighted by Gasteiger charge is 2.21. The van der Waals surface area contributed by atoms with E-state index in [1.165, 1.54) is 0 Å². The van der Waals surface area contributed by atoms with Crippen molar-refractivity contribution in [2.75, 3.05) is 32.8 Å². The maximum atomic E-state index is 12.6. The van der Waals surface area contributed by atoms with Crippen molar-refractivity contribution in [2.45, 2.75) is 40.5 Å². The molecule has 0 atom stereocenters. The van der Waals surface area contributed by atoms with E-state index in [0.717, 1.165) is 19.6 Å². The predicted molar refractivity (Wildman–Crippen MR) is 96.0 cm³/mol. The van der Waals surface area contributed by atoms with Gasteiger partial charge >= 0.3 is 5.97 Å². The van der Waals surface area contributed by atoms with Crippen LogP contribution in [0.1, 0.15) is 59.3 Å². The molecule has 25 heavy (non-hydrogen) atoms. The van der Waals surface area contributed by atoms with E-state index < -0.39 is 0 Å². The van der Waals surface area contributed by atoms with Crippen LogP contribution in [0, 0.1) is 6.92 Å². The molecule has 1 rings (SSSR count). The Kier molecular flexibility index (Phi) is 8.91. The van der Waals surface area contributed by atoms with Crippen LogP contribution >= 0.6 is 0 Å². The van der Waals surface area contributed by atoms with Gasteiger partial charge in [-0.05, 0) is 38.9 Å². The summed E-state index contributed by atoms with van der Waals surface area (Å²) < 4.78 is 4.92. The molecule has 0 fully saturated rings. The number of hydrogen-bond donors (Lipinski definition) is 2. The van der Waals surface area contributed by atoms with Gasteiger partial charge in [0, 0.05) is 25.2 Å². The van der Waals surface area contributed by atoms with Crippen LogP contribution in [0.25, 0.3) is 0 Å². The molecule has 0 aliphatic carbocycles. The van der Waals surface area contributed by atoms with E-state index in [-0.39, 0.29) is 24.7 Å². The molecule has 0 radical (unpaired) electrons. The van der Waals surface area contributed by atoms with E-state index in [4.69, 9.17) is 4.74 Å². The number of esters is 1. The van der Waals surface area contributed by atoms with Gasteiger partial charge in [-0.3, -0.25) is 14.4 Å². The number of aryl methyl sites for hydroxylation is 1. The maximum Gasteiger partial charge on any atom is 0.306 e. The molecule has 0 aromatic carbocycles. The van der Waals surface area contributed by atoms with Crippen molar-refractivity contribution in [3.63, 3.8) is 0 Å². The van der Waals surface area contributed by atoms with Crippen LogP contribution in [0.5, 0.6) is 0 Å². The molecule has 1 aromatic rings. The zero-order valence-corrected chi connectivity index (χ0v) is 15.6. The number of likely N-dealkylation sites (N-methyl/N-ethyl adjacent to an activating group) is 1. The predicted octanol–water partition coefficient (Wildman–Crippen LogP) is 1.70. The van der Waals surface area contributed by atoms with Crippen molar-refractivity contribution in [2.24, 2.45) is 0 Å². The Hall–Kier alpha value is -2.15. The summed E-state index contributed by atoms with van der Waals surface area (Å²) >= 11 is 0. The van der Waals surface area contributed by atoms with Crippen molar-refractivity contribution < 1.29 is 19.1 Å². The van der Waals surface area contributed by atoms with Gasteiger partial charge in [0.1, 0.15) is 0 Å². The van der Waals surface area contributed by atoms with Gasteiger partial charge in [-0.15, -0.1) is 0 Å². The molecule has 1 aromatic heterocycles. The van der Waals surface area contributed by atoms with E-state index in [1.54, 1.807) is 13.8 Å². The number of aromatic amines is 1. The number of nitrogens with zero attached hydrogens (tertiary/aromatic N) is 1. The van der Waals surface area contributed by atoms with E-state index in [1.807, 2.05) is 0 Å². The first kappa shape index (κ1) is 20.9. The Morgan fingerprint density at radius 2 is 1.92 bits per heavy atom. The van der Waals surface area contributed by atoms with Crippen LogP contribution in [-0.2, 0) is 16.0 Å². The largest absolute Gasteiger partial charge is 0.466 e. The molecular weight excluding hydrogens is 322 g/mol. The summed E-state index contributed by atoms with van der Waals surface area (Å²) in [5.41, 5.74) is 1.99. The second-order valence-corrected chi connectivity index (χ2v) is 5.72. The summed E-state index contributed by atoms with van der Waals surface area (Å²) in [6, 6.07) is 0. The van der Waals surface area contributed by atoms with E-state index in [9.17, 15) is 14.4 Å². The number of nitrogens with one attached hydrogen (secondary N) is 2. The summed E-state index contributed by atoms with van der Waals surface area (Å²) in [7, 11) is 0. The quantitative estimate of drug-likeness (QED) is 0.468. The first-order valence-electron chi connectivity index (χ1n) is 8.81. The molecule has 140 valence electrons. The lowest BCUT2D eigenvalue weighted by Gasteiger charge is -2.18. The molecule has 0 unspecified atom stereocenters. The van der Waals surface area contributed by atoms with Gasteiger partial charge in [0.05, 0.1) is 17.9 Å². The highest BCUT2D eigenvalue weighted by molar-refractivity contribution is 5.99. The molecule has 0 spiro atoms. The van der Waals surface area contributed by atoms with Crippen LogP contribution < -0.4 is 5.32 Å². The van der Waals surface area contributed by atoms with Crippen molar-refractivity contribution in [3.05, 3.63) is 22.5 Å². The highest BCUT2D eigenvalue weighted by atomic mass is 16.5. The molecule has 7 nitrogen and oxygen atoms in total. The maximum absolute atomic E-state index is 12.6. The van der Waals surface area contributed by atoms with Gasteiger partial charge in [0.15, 0.2) is 6.29 Å². The van der Waals surface area contributed by atoms with Gasteiger partial charge in [-0.25, -0.2) is 0 Å². The minimum Gasteiger partial charge on any atom is -0.466 e. The fraction of sp³-hybridized carbons (Fsp3) is 0.611. The summed E-state index contributed by atoms with van der Waals surface area (Å²) in [6.45, 7) is 11.1. The van der Waals surface area contributed by atoms with Crippen molar-refractivity contribution >= 4 is 18.2 Å². The van der Waals surface area contributed by atoms with Crippen molar-refractivity contribution in [1.29, 1.82) is 0 Å². The lowest BCUT2D eigenvalue weighted by Crippen LogP contribution is -2.35. The van der Waals surface area contributed by atoms with Crippen LogP contribution in [-0.4, -0.2) is 60.8 Å². The van der Waals surface area contributed by atoms with Crippen molar-refractivity contribution in [1.82, 2.24) is 15.2 Å². The Morgan fingerprint density at radius 1 is 1.24 bits per heavy atom. The Morgan fingerprint density at radius 3 is 2.48 bits per heavy atom. The molecule has 0 aliphatic heterocycles. The molecule has 7 heteroatoms. The molecule has 0 saturated heterocycles. The number of aldehydes is 1. The average Bonchev–Trinajstić information content (AvgIpc) is 2.92. The lowest BCUT2D eigenvalue weighted by molar-refractivity contribution is -0.143. The normalized spacial score (nSPS) is 10.8. The summed E-state index contributed by atoms with van der Waals surface area (Å²) in [5.74, 6) is -0.570. The minimum absolute atomic E-state index is 0.131. The van der Waals surface area contributed by atoms with E-state index >= 15 is 0 Å². The Bertz CT molecular complexity index is 591. The summed E-state index contributed by atoms with van der Waals surface area (Å²) in [4.78, 5) is 40.6. The zero-order valence-electron chi connectivity index (χ0n) is 15.6. The number of carbonyl (C=O) groups excluding carboxylic acids is 3. The minimum atomic E-state index is -0.342. The number of aromatic nitrogens is 1. The van der Waals surface area contributed by atoms with Crippen LogP contribution in [0.3, 0.4) is 0 Å². The van der Waals surface area contributed by atoms with Crippen molar-refractivity contribution in [3.8, 4) is 0 Å². The number of hydrogen-bond acceptors (Lipinski definition) is 5. The summed E-state index contributed by atoms with van der Waals surface area (Å²) in [6.07, 6.45) is 1.10. The summed E-state index contributed by atoms with van der Waals surface area (Å²) in [5, 5.41) is 2.90. The monoisotopic (exact) mass is 351 g/mol.